The summed E-state index contributed by atoms with van der Waals surface area (Å²) in [5.74, 6) is 0. The first-order valence-electron chi connectivity index (χ1n) is 8.13. The second-order valence-electron chi connectivity index (χ2n) is 5.43. The van der Waals surface area contributed by atoms with Crippen LogP contribution in [0.3, 0.4) is 0 Å². The van der Waals surface area contributed by atoms with Crippen LogP contribution in [0.25, 0.3) is 0 Å². The molecule has 22 heavy (non-hydrogen) atoms. The molecule has 2 rings (SSSR count). The van der Waals surface area contributed by atoms with Crippen molar-refractivity contribution in [2.75, 3.05) is 31.5 Å². The lowest BCUT2D eigenvalue weighted by molar-refractivity contribution is 0.188. The molecule has 1 atom stereocenters. The van der Waals surface area contributed by atoms with E-state index in [1.165, 1.54) is 12.8 Å². The Morgan fingerprint density at radius 2 is 2.14 bits per heavy atom. The standard InChI is InChI=1S/C16H27N5O/c1-3-21(4-2)10-6-5-8-17-11-14-15-13(7-9-18-14)16(22)20-12-19-15/h7,9,12,16-17,22H,3-6,8,10-11H2,1-2H3,(H,19,20). The number of aliphatic hydroxyl groups is 1. The maximum atomic E-state index is 9.84. The first-order valence-corrected chi connectivity index (χ1v) is 8.13. The van der Waals surface area contributed by atoms with E-state index in [4.69, 9.17) is 0 Å². The van der Waals surface area contributed by atoms with Crippen LogP contribution in [0.5, 0.6) is 0 Å². The summed E-state index contributed by atoms with van der Waals surface area (Å²) in [5, 5.41) is 16.3. The average molecular weight is 305 g/mol. The summed E-state index contributed by atoms with van der Waals surface area (Å²) >= 11 is 0. The molecule has 0 saturated carbocycles. The second kappa shape index (κ2) is 8.82. The summed E-state index contributed by atoms with van der Waals surface area (Å²) in [6.45, 7) is 9.50. The molecule has 0 aliphatic carbocycles. The van der Waals surface area contributed by atoms with Crippen LogP contribution in [0, 0.1) is 0 Å². The normalized spacial score (nSPS) is 16.6. The summed E-state index contributed by atoms with van der Waals surface area (Å²) in [7, 11) is 0. The Morgan fingerprint density at radius 1 is 1.32 bits per heavy atom. The minimum atomic E-state index is -0.785. The van der Waals surface area contributed by atoms with Gasteiger partial charge in [0.2, 0.25) is 0 Å². The van der Waals surface area contributed by atoms with Crippen LogP contribution >= 0.6 is 0 Å². The number of hydrogen-bond donors (Lipinski definition) is 3. The van der Waals surface area contributed by atoms with Crippen molar-refractivity contribution in [2.45, 2.75) is 39.5 Å². The molecule has 6 nitrogen and oxygen atoms in total. The zero-order valence-corrected chi connectivity index (χ0v) is 13.5. The molecule has 0 spiro atoms. The van der Waals surface area contributed by atoms with Crippen molar-refractivity contribution < 1.29 is 5.11 Å². The third-order valence-electron chi connectivity index (χ3n) is 4.03. The predicted octanol–water partition coefficient (Wildman–Crippen LogP) is 1.74. The summed E-state index contributed by atoms with van der Waals surface area (Å²) in [5.41, 5.74) is 2.59. The average Bonchev–Trinajstić information content (AvgIpc) is 2.55. The van der Waals surface area contributed by atoms with Crippen LogP contribution in [0.2, 0.25) is 0 Å². The Bertz CT molecular complexity index is 487. The molecule has 1 aliphatic rings. The number of nitrogens with zero attached hydrogens (tertiary/aromatic N) is 3. The smallest absolute Gasteiger partial charge is 0.175 e. The number of unbranched alkanes of at least 4 members (excludes halogenated alkanes) is 1. The van der Waals surface area contributed by atoms with Gasteiger partial charge in [-0.2, -0.15) is 0 Å². The van der Waals surface area contributed by atoms with Crippen LogP contribution in [-0.2, 0) is 6.54 Å². The summed E-state index contributed by atoms with van der Waals surface area (Å²) in [6, 6.07) is 1.80. The van der Waals surface area contributed by atoms with Gasteiger partial charge >= 0.3 is 0 Å². The van der Waals surface area contributed by atoms with E-state index in [1.54, 1.807) is 12.3 Å². The quantitative estimate of drug-likeness (QED) is 0.606. The Hall–Kier alpha value is -1.50. The fourth-order valence-electron chi connectivity index (χ4n) is 2.62. The van der Waals surface area contributed by atoms with Gasteiger partial charge < -0.3 is 20.6 Å². The number of rotatable bonds is 9. The third kappa shape index (κ3) is 4.50. The lowest BCUT2D eigenvalue weighted by atomic mass is 10.1. The first-order chi connectivity index (χ1) is 10.8. The fraction of sp³-hybridized carbons (Fsp3) is 0.625. The highest BCUT2D eigenvalue weighted by Crippen LogP contribution is 2.28. The molecule has 0 amide bonds. The highest BCUT2D eigenvalue weighted by molar-refractivity contribution is 5.81. The molecule has 0 bridgehead atoms. The monoisotopic (exact) mass is 305 g/mol. The number of aromatic nitrogens is 1. The second-order valence-corrected chi connectivity index (χ2v) is 5.43. The van der Waals surface area contributed by atoms with Crippen LogP contribution in [0.15, 0.2) is 17.3 Å². The molecular formula is C16H27N5O. The van der Waals surface area contributed by atoms with E-state index in [1.807, 2.05) is 0 Å². The highest BCUT2D eigenvalue weighted by Gasteiger charge is 2.17. The van der Waals surface area contributed by atoms with Gasteiger partial charge in [-0.05, 0) is 45.1 Å². The van der Waals surface area contributed by atoms with E-state index in [0.29, 0.717) is 6.54 Å². The van der Waals surface area contributed by atoms with E-state index < -0.39 is 6.23 Å². The number of aliphatic hydroxyl groups excluding tert-OH is 1. The molecule has 0 saturated heterocycles. The topological polar surface area (TPSA) is 72.8 Å². The summed E-state index contributed by atoms with van der Waals surface area (Å²) in [6.07, 6.45) is 4.83. The number of fused-ring (bicyclic) bond motifs is 1. The zero-order valence-electron chi connectivity index (χ0n) is 13.5. The molecule has 3 N–H and O–H groups in total. The Morgan fingerprint density at radius 3 is 2.91 bits per heavy atom. The van der Waals surface area contributed by atoms with Crippen molar-refractivity contribution in [3.05, 3.63) is 23.5 Å². The maximum Gasteiger partial charge on any atom is 0.175 e. The highest BCUT2D eigenvalue weighted by atomic mass is 16.3. The summed E-state index contributed by atoms with van der Waals surface area (Å²) < 4.78 is 0. The number of aliphatic imine (C=N–C) groups is 1. The van der Waals surface area contributed by atoms with E-state index in [9.17, 15) is 5.11 Å². The van der Waals surface area contributed by atoms with Crippen molar-refractivity contribution in [1.29, 1.82) is 0 Å². The minimum absolute atomic E-state index is 0.696. The minimum Gasteiger partial charge on any atom is -0.368 e. The Balaban J connectivity index is 1.73. The lowest BCUT2D eigenvalue weighted by Gasteiger charge is -2.19. The van der Waals surface area contributed by atoms with E-state index >= 15 is 0 Å². The van der Waals surface area contributed by atoms with E-state index in [-0.39, 0.29) is 0 Å². The largest absolute Gasteiger partial charge is 0.368 e. The molecule has 1 aromatic rings. The molecule has 2 heterocycles. The molecule has 122 valence electrons. The van der Waals surface area contributed by atoms with Crippen LogP contribution in [0.1, 0.15) is 44.2 Å². The molecule has 1 unspecified atom stereocenters. The summed E-state index contributed by atoms with van der Waals surface area (Å²) in [4.78, 5) is 10.8. The van der Waals surface area contributed by atoms with E-state index in [2.05, 4.69) is 39.4 Å². The fourth-order valence-corrected chi connectivity index (χ4v) is 2.62. The molecule has 0 radical (unpaired) electrons. The van der Waals surface area contributed by atoms with Gasteiger partial charge in [-0.25, -0.2) is 4.99 Å². The molecule has 0 fully saturated rings. The predicted molar refractivity (Wildman–Crippen MR) is 90.0 cm³/mol. The van der Waals surface area contributed by atoms with Gasteiger partial charge in [-0.1, -0.05) is 13.8 Å². The Labute approximate surface area is 132 Å². The number of anilines is 1. The van der Waals surface area contributed by atoms with Gasteiger partial charge in [0.15, 0.2) is 6.23 Å². The maximum absolute atomic E-state index is 9.84. The Kier molecular flexibility index (Phi) is 6.76. The number of hydrogen-bond acceptors (Lipinski definition) is 6. The van der Waals surface area contributed by atoms with Crippen molar-refractivity contribution in [2.24, 2.45) is 4.99 Å². The van der Waals surface area contributed by atoms with Gasteiger partial charge in [-0.3, -0.25) is 4.98 Å². The van der Waals surface area contributed by atoms with Crippen LogP contribution in [-0.4, -0.2) is 47.5 Å². The van der Waals surface area contributed by atoms with Crippen molar-refractivity contribution in [3.8, 4) is 0 Å². The zero-order chi connectivity index (χ0) is 15.8. The molecule has 1 aliphatic heterocycles. The molecule has 0 aromatic carbocycles. The van der Waals surface area contributed by atoms with Gasteiger partial charge in [0.25, 0.3) is 0 Å². The lowest BCUT2D eigenvalue weighted by Crippen LogP contribution is -2.25. The SMILES string of the molecule is CCN(CC)CCCCNCc1nccc2c1NC=NC2O. The molecule has 6 heteroatoms. The van der Waals surface area contributed by atoms with Crippen LogP contribution < -0.4 is 10.6 Å². The van der Waals surface area contributed by atoms with Gasteiger partial charge in [0, 0.05) is 18.3 Å². The number of pyridine rings is 1. The van der Waals surface area contributed by atoms with Crippen molar-refractivity contribution in [3.63, 3.8) is 0 Å². The molecular weight excluding hydrogens is 278 g/mol. The van der Waals surface area contributed by atoms with E-state index in [0.717, 1.165) is 49.5 Å². The molecule has 1 aromatic heterocycles. The first kappa shape index (κ1) is 16.9. The van der Waals surface area contributed by atoms with Gasteiger partial charge in [-0.15, -0.1) is 0 Å². The number of nitrogens with one attached hydrogen (secondary N) is 2. The van der Waals surface area contributed by atoms with Gasteiger partial charge in [0.1, 0.15) is 0 Å². The van der Waals surface area contributed by atoms with Crippen molar-refractivity contribution >= 4 is 12.0 Å². The van der Waals surface area contributed by atoms with Gasteiger partial charge in [0.05, 0.1) is 17.7 Å². The third-order valence-corrected chi connectivity index (χ3v) is 4.03. The van der Waals surface area contributed by atoms with Crippen molar-refractivity contribution in [1.82, 2.24) is 15.2 Å². The van der Waals surface area contributed by atoms with Crippen LogP contribution in [0.4, 0.5) is 5.69 Å².